The highest BCUT2D eigenvalue weighted by Gasteiger charge is 2.20. The van der Waals surface area contributed by atoms with Crippen molar-refractivity contribution >= 4 is 6.09 Å². The molecular weight excluding hydrogens is 339 g/mol. The number of H-pyrrole nitrogens is 1. The van der Waals surface area contributed by atoms with E-state index in [0.717, 1.165) is 11.6 Å². The normalized spacial score (nSPS) is 12.5. The SMILES string of the molecule is CC(C)(C)OC(=O)N[C@H](CCO)c1ccc(-c2c[nH]c(=O)c(F)c2)cc1. The summed E-state index contributed by atoms with van der Waals surface area (Å²) in [5.41, 5.74) is 0.635. The molecule has 0 bridgehead atoms. The minimum atomic E-state index is -0.851. The molecule has 0 unspecified atom stereocenters. The quantitative estimate of drug-likeness (QED) is 0.762. The highest BCUT2D eigenvalue weighted by Crippen LogP contribution is 2.23. The van der Waals surface area contributed by atoms with Crippen LogP contribution in [-0.2, 0) is 4.74 Å². The van der Waals surface area contributed by atoms with Gasteiger partial charge in [-0.15, -0.1) is 0 Å². The number of rotatable bonds is 5. The molecule has 1 aromatic heterocycles. The number of benzene rings is 1. The highest BCUT2D eigenvalue weighted by atomic mass is 19.1. The molecule has 7 heteroatoms. The summed E-state index contributed by atoms with van der Waals surface area (Å²) in [5.74, 6) is -0.851. The molecule has 0 aliphatic rings. The van der Waals surface area contributed by atoms with Gasteiger partial charge in [0.25, 0.3) is 5.56 Å². The zero-order valence-electron chi connectivity index (χ0n) is 15.0. The van der Waals surface area contributed by atoms with Gasteiger partial charge in [-0.05, 0) is 44.4 Å². The first kappa shape index (κ1) is 19.7. The van der Waals surface area contributed by atoms with E-state index in [1.165, 1.54) is 6.20 Å². The van der Waals surface area contributed by atoms with Crippen molar-refractivity contribution in [1.82, 2.24) is 10.3 Å². The Bertz CT molecular complexity index is 810. The third kappa shape index (κ3) is 5.42. The number of pyridine rings is 1. The zero-order chi connectivity index (χ0) is 19.3. The molecule has 6 nitrogen and oxygen atoms in total. The molecule has 0 aliphatic carbocycles. The second kappa shape index (κ2) is 8.14. The number of hydrogen-bond acceptors (Lipinski definition) is 4. The van der Waals surface area contributed by atoms with Crippen molar-refractivity contribution in [2.24, 2.45) is 0 Å². The summed E-state index contributed by atoms with van der Waals surface area (Å²) in [6.07, 6.45) is 1.19. The van der Waals surface area contributed by atoms with E-state index in [-0.39, 0.29) is 6.61 Å². The number of hydrogen-bond donors (Lipinski definition) is 3. The molecule has 0 aliphatic heterocycles. The van der Waals surface area contributed by atoms with E-state index in [1.807, 2.05) is 0 Å². The predicted molar refractivity (Wildman–Crippen MR) is 96.3 cm³/mol. The molecule has 26 heavy (non-hydrogen) atoms. The summed E-state index contributed by atoms with van der Waals surface area (Å²) in [5, 5.41) is 12.0. The molecule has 0 radical (unpaired) electrons. The second-order valence-electron chi connectivity index (χ2n) is 6.90. The predicted octanol–water partition coefficient (Wildman–Crippen LogP) is 3.13. The van der Waals surface area contributed by atoms with Gasteiger partial charge in [-0.2, -0.15) is 0 Å². The van der Waals surface area contributed by atoms with Gasteiger partial charge in [-0.1, -0.05) is 24.3 Å². The number of amides is 1. The lowest BCUT2D eigenvalue weighted by Gasteiger charge is -2.23. The van der Waals surface area contributed by atoms with Crippen molar-refractivity contribution in [3.05, 3.63) is 58.3 Å². The van der Waals surface area contributed by atoms with Crippen LogP contribution in [0.1, 0.15) is 38.8 Å². The van der Waals surface area contributed by atoms with Gasteiger partial charge in [0.1, 0.15) is 5.60 Å². The third-order valence-electron chi connectivity index (χ3n) is 3.61. The van der Waals surface area contributed by atoms with Crippen LogP contribution in [0.15, 0.2) is 41.3 Å². The lowest BCUT2D eigenvalue weighted by molar-refractivity contribution is 0.0496. The van der Waals surface area contributed by atoms with Crippen LogP contribution in [0.4, 0.5) is 9.18 Å². The first-order valence-corrected chi connectivity index (χ1v) is 8.28. The van der Waals surface area contributed by atoms with Gasteiger partial charge in [0.15, 0.2) is 5.82 Å². The molecule has 0 saturated heterocycles. The van der Waals surface area contributed by atoms with E-state index >= 15 is 0 Å². The Labute approximate surface area is 151 Å². The summed E-state index contributed by atoms with van der Waals surface area (Å²) in [6.45, 7) is 5.20. The number of ether oxygens (including phenoxy) is 1. The van der Waals surface area contributed by atoms with Gasteiger partial charge in [0.05, 0.1) is 6.04 Å². The fourth-order valence-electron chi connectivity index (χ4n) is 2.43. The van der Waals surface area contributed by atoms with Crippen LogP contribution in [0.25, 0.3) is 11.1 Å². The minimum Gasteiger partial charge on any atom is -0.444 e. The van der Waals surface area contributed by atoms with Crippen molar-refractivity contribution in [3.63, 3.8) is 0 Å². The average molecular weight is 362 g/mol. The number of aromatic amines is 1. The fraction of sp³-hybridized carbons (Fsp3) is 0.368. The molecule has 3 N–H and O–H groups in total. The maximum Gasteiger partial charge on any atom is 0.408 e. The highest BCUT2D eigenvalue weighted by molar-refractivity contribution is 5.68. The molecular formula is C19H23FN2O4. The monoisotopic (exact) mass is 362 g/mol. The first-order chi connectivity index (χ1) is 12.2. The molecule has 0 saturated carbocycles. The lowest BCUT2D eigenvalue weighted by Crippen LogP contribution is -2.35. The summed E-state index contributed by atoms with van der Waals surface area (Å²) >= 11 is 0. The Balaban J connectivity index is 2.18. The van der Waals surface area contributed by atoms with Crippen LogP contribution < -0.4 is 10.9 Å². The zero-order valence-corrected chi connectivity index (χ0v) is 15.0. The molecule has 0 fully saturated rings. The Morgan fingerprint density at radius 3 is 2.46 bits per heavy atom. The van der Waals surface area contributed by atoms with Crippen LogP contribution in [0.3, 0.4) is 0 Å². The number of aliphatic hydroxyl groups is 1. The topological polar surface area (TPSA) is 91.4 Å². The lowest BCUT2D eigenvalue weighted by atomic mass is 10.00. The van der Waals surface area contributed by atoms with Gasteiger partial charge in [-0.25, -0.2) is 9.18 Å². The molecule has 1 heterocycles. The molecule has 1 atom stereocenters. The van der Waals surface area contributed by atoms with E-state index < -0.39 is 29.1 Å². The number of alkyl carbamates (subject to hydrolysis) is 1. The molecule has 2 aromatic rings. The van der Waals surface area contributed by atoms with Gasteiger partial charge in [-0.3, -0.25) is 4.79 Å². The second-order valence-corrected chi connectivity index (χ2v) is 6.90. The van der Waals surface area contributed by atoms with Crippen LogP contribution in [0.2, 0.25) is 0 Å². The Morgan fingerprint density at radius 2 is 1.92 bits per heavy atom. The maximum absolute atomic E-state index is 13.4. The van der Waals surface area contributed by atoms with Gasteiger partial charge >= 0.3 is 6.09 Å². The number of nitrogens with one attached hydrogen (secondary N) is 2. The number of carbonyl (C=O) groups excluding carboxylic acids is 1. The molecule has 140 valence electrons. The van der Waals surface area contributed by atoms with Crippen molar-refractivity contribution in [2.75, 3.05) is 6.61 Å². The largest absolute Gasteiger partial charge is 0.444 e. The van der Waals surface area contributed by atoms with Crippen LogP contribution in [0, 0.1) is 5.82 Å². The summed E-state index contributed by atoms with van der Waals surface area (Å²) in [4.78, 5) is 25.4. The first-order valence-electron chi connectivity index (χ1n) is 8.28. The average Bonchev–Trinajstić information content (AvgIpc) is 2.55. The van der Waals surface area contributed by atoms with Gasteiger partial charge in [0.2, 0.25) is 0 Å². The molecule has 2 rings (SSSR count). The van der Waals surface area contributed by atoms with Crippen LogP contribution in [0.5, 0.6) is 0 Å². The number of halogens is 1. The van der Waals surface area contributed by atoms with Gasteiger partial charge in [0, 0.05) is 18.4 Å². The van der Waals surface area contributed by atoms with Crippen molar-refractivity contribution in [2.45, 2.75) is 38.8 Å². The van der Waals surface area contributed by atoms with Gasteiger partial charge < -0.3 is 20.1 Å². The minimum absolute atomic E-state index is 0.104. The van der Waals surface area contributed by atoms with E-state index in [0.29, 0.717) is 17.5 Å². The van der Waals surface area contributed by atoms with E-state index in [9.17, 15) is 19.1 Å². The van der Waals surface area contributed by atoms with E-state index in [2.05, 4.69) is 10.3 Å². The standard InChI is InChI=1S/C19H23FN2O4/c1-19(2,3)26-18(25)22-16(8-9-23)13-6-4-12(5-7-13)14-10-15(20)17(24)21-11-14/h4-7,10-11,16,23H,8-9H2,1-3H3,(H,21,24)(H,22,25)/t16-/m1/s1. The molecule has 1 amide bonds. The molecule has 0 spiro atoms. The summed E-state index contributed by atoms with van der Waals surface area (Å²) < 4.78 is 18.7. The third-order valence-corrected chi connectivity index (χ3v) is 3.61. The summed E-state index contributed by atoms with van der Waals surface area (Å²) in [7, 11) is 0. The number of aliphatic hydroxyl groups excluding tert-OH is 1. The van der Waals surface area contributed by atoms with E-state index in [4.69, 9.17) is 4.74 Å². The van der Waals surface area contributed by atoms with Crippen molar-refractivity contribution in [3.8, 4) is 11.1 Å². The number of aromatic nitrogens is 1. The summed E-state index contributed by atoms with van der Waals surface area (Å²) in [6, 6.07) is 7.80. The van der Waals surface area contributed by atoms with E-state index in [1.54, 1.807) is 45.0 Å². The number of carbonyl (C=O) groups is 1. The van der Waals surface area contributed by atoms with Crippen molar-refractivity contribution < 1.29 is 19.0 Å². The van der Waals surface area contributed by atoms with Crippen LogP contribution in [-0.4, -0.2) is 28.4 Å². The fourth-order valence-corrected chi connectivity index (χ4v) is 2.43. The Hall–Kier alpha value is -2.67. The van der Waals surface area contributed by atoms with Crippen LogP contribution >= 0.6 is 0 Å². The van der Waals surface area contributed by atoms with Crippen molar-refractivity contribution in [1.29, 1.82) is 0 Å². The molecule has 1 aromatic carbocycles. The maximum atomic E-state index is 13.4. The Morgan fingerprint density at radius 1 is 1.27 bits per heavy atom. The Kier molecular flexibility index (Phi) is 6.15. The smallest absolute Gasteiger partial charge is 0.408 e.